The van der Waals surface area contributed by atoms with Crippen molar-refractivity contribution in [1.29, 1.82) is 0 Å². The predicted molar refractivity (Wildman–Crippen MR) is 69.2 cm³/mol. The molecule has 2 saturated heterocycles. The maximum absolute atomic E-state index is 10.9. The van der Waals surface area contributed by atoms with Gasteiger partial charge in [-0.05, 0) is 50.4 Å². The molecule has 3 heteroatoms. The second-order valence-electron chi connectivity index (χ2n) is 5.50. The first-order valence-corrected chi connectivity index (χ1v) is 6.67. The van der Waals surface area contributed by atoms with Gasteiger partial charge in [0.1, 0.15) is 0 Å². The minimum absolute atomic E-state index is 0.537. The van der Waals surface area contributed by atoms with Crippen LogP contribution in [0.3, 0.4) is 0 Å². The van der Waals surface area contributed by atoms with Crippen LogP contribution < -0.4 is 0 Å². The Balaban J connectivity index is 1.90. The number of piperidine rings is 1. The van der Waals surface area contributed by atoms with Gasteiger partial charge in [0, 0.05) is 17.1 Å². The summed E-state index contributed by atoms with van der Waals surface area (Å²) in [6.07, 6.45) is 4.14. The van der Waals surface area contributed by atoms with Crippen molar-refractivity contribution in [2.75, 3.05) is 7.05 Å². The monoisotopic (exact) mass is 251 g/mol. The average Bonchev–Trinajstić information content (AvgIpc) is 2.53. The number of hydrogen-bond donors (Lipinski definition) is 1. The molecule has 1 aromatic rings. The van der Waals surface area contributed by atoms with E-state index in [0.717, 1.165) is 23.4 Å². The summed E-state index contributed by atoms with van der Waals surface area (Å²) in [6.45, 7) is 0. The normalized spacial score (nSPS) is 37.4. The third kappa shape index (κ3) is 1.88. The Bertz CT molecular complexity index is 403. The summed E-state index contributed by atoms with van der Waals surface area (Å²) in [5.41, 5.74) is 0.370. The van der Waals surface area contributed by atoms with Gasteiger partial charge in [-0.2, -0.15) is 0 Å². The highest BCUT2D eigenvalue weighted by molar-refractivity contribution is 6.30. The number of rotatable bonds is 1. The van der Waals surface area contributed by atoms with Gasteiger partial charge in [-0.15, -0.1) is 0 Å². The fourth-order valence-corrected chi connectivity index (χ4v) is 3.57. The summed E-state index contributed by atoms with van der Waals surface area (Å²) in [4.78, 5) is 2.43. The minimum atomic E-state index is -0.650. The maximum atomic E-state index is 10.9. The fraction of sp³-hybridized carbons (Fsp3) is 0.571. The number of nitrogens with zero attached hydrogens (tertiary/aromatic N) is 1. The molecule has 2 heterocycles. The highest BCUT2D eigenvalue weighted by Gasteiger charge is 2.46. The van der Waals surface area contributed by atoms with Crippen molar-refractivity contribution in [3.63, 3.8) is 0 Å². The van der Waals surface area contributed by atoms with E-state index in [9.17, 15) is 5.11 Å². The van der Waals surface area contributed by atoms with Crippen molar-refractivity contribution >= 4 is 11.6 Å². The number of fused-ring (bicyclic) bond motifs is 2. The molecule has 1 aromatic carbocycles. The molecule has 0 radical (unpaired) electrons. The van der Waals surface area contributed by atoms with E-state index in [1.807, 2.05) is 24.3 Å². The summed E-state index contributed by atoms with van der Waals surface area (Å²) in [6, 6.07) is 8.74. The molecular formula is C14H18ClNO. The van der Waals surface area contributed by atoms with Gasteiger partial charge in [-0.3, -0.25) is 0 Å². The molecule has 0 saturated carbocycles. The number of benzene rings is 1. The van der Waals surface area contributed by atoms with E-state index >= 15 is 0 Å². The smallest absolute Gasteiger partial charge is 0.0926 e. The van der Waals surface area contributed by atoms with Crippen molar-refractivity contribution in [1.82, 2.24) is 4.90 Å². The van der Waals surface area contributed by atoms with Gasteiger partial charge in [0.15, 0.2) is 0 Å². The zero-order valence-electron chi connectivity index (χ0n) is 10.1. The topological polar surface area (TPSA) is 23.5 Å². The second-order valence-corrected chi connectivity index (χ2v) is 5.93. The molecule has 92 valence electrons. The minimum Gasteiger partial charge on any atom is -0.385 e. The van der Waals surface area contributed by atoms with E-state index < -0.39 is 5.60 Å². The third-order valence-electron chi connectivity index (χ3n) is 4.51. The average molecular weight is 252 g/mol. The van der Waals surface area contributed by atoms with Gasteiger partial charge < -0.3 is 10.0 Å². The molecule has 2 fully saturated rings. The van der Waals surface area contributed by atoms with Crippen LogP contribution in [0.1, 0.15) is 31.2 Å². The summed E-state index contributed by atoms with van der Waals surface area (Å²) < 4.78 is 0. The van der Waals surface area contributed by atoms with E-state index in [1.165, 1.54) is 12.8 Å². The van der Waals surface area contributed by atoms with Crippen LogP contribution in [-0.2, 0) is 5.60 Å². The molecule has 1 unspecified atom stereocenters. The Morgan fingerprint density at radius 1 is 1.18 bits per heavy atom. The molecule has 1 N–H and O–H groups in total. The first kappa shape index (κ1) is 11.5. The van der Waals surface area contributed by atoms with Crippen molar-refractivity contribution in [2.24, 2.45) is 0 Å². The predicted octanol–water partition coefficient (Wildman–Crippen LogP) is 2.78. The summed E-state index contributed by atoms with van der Waals surface area (Å²) >= 11 is 5.90. The zero-order valence-corrected chi connectivity index (χ0v) is 10.8. The zero-order chi connectivity index (χ0) is 12.0. The fourth-order valence-electron chi connectivity index (χ4n) is 3.44. The number of aliphatic hydroxyl groups is 1. The molecule has 0 spiro atoms. The van der Waals surface area contributed by atoms with Crippen molar-refractivity contribution < 1.29 is 5.11 Å². The Morgan fingerprint density at radius 2 is 1.71 bits per heavy atom. The highest BCUT2D eigenvalue weighted by Crippen LogP contribution is 2.44. The van der Waals surface area contributed by atoms with Crippen molar-refractivity contribution in [3.8, 4) is 0 Å². The van der Waals surface area contributed by atoms with Crippen LogP contribution in [0.4, 0.5) is 0 Å². The molecule has 2 nitrogen and oxygen atoms in total. The van der Waals surface area contributed by atoms with Crippen LogP contribution in [0.2, 0.25) is 5.02 Å². The number of hydrogen-bond acceptors (Lipinski definition) is 2. The van der Waals surface area contributed by atoms with E-state index in [-0.39, 0.29) is 0 Å². The molecule has 0 aromatic heterocycles. The van der Waals surface area contributed by atoms with E-state index in [2.05, 4.69) is 11.9 Å². The molecule has 3 atom stereocenters. The van der Waals surface area contributed by atoms with Crippen LogP contribution in [0.25, 0.3) is 0 Å². The van der Waals surface area contributed by atoms with Crippen LogP contribution >= 0.6 is 11.6 Å². The highest BCUT2D eigenvalue weighted by atomic mass is 35.5. The van der Waals surface area contributed by atoms with Crippen LogP contribution in [-0.4, -0.2) is 29.1 Å². The molecule has 3 rings (SSSR count). The molecule has 0 aliphatic carbocycles. The Morgan fingerprint density at radius 3 is 2.24 bits per heavy atom. The Hall–Kier alpha value is -0.570. The van der Waals surface area contributed by atoms with E-state index in [1.54, 1.807) is 0 Å². The lowest BCUT2D eigenvalue weighted by molar-refractivity contribution is -0.0493. The lowest BCUT2D eigenvalue weighted by Crippen LogP contribution is -2.47. The molecule has 0 amide bonds. The Kier molecular flexibility index (Phi) is 2.69. The van der Waals surface area contributed by atoms with Crippen LogP contribution in [0.5, 0.6) is 0 Å². The first-order chi connectivity index (χ1) is 8.08. The summed E-state index contributed by atoms with van der Waals surface area (Å²) in [5.74, 6) is 0. The number of halogens is 1. The largest absolute Gasteiger partial charge is 0.385 e. The third-order valence-corrected chi connectivity index (χ3v) is 4.77. The van der Waals surface area contributed by atoms with Crippen molar-refractivity contribution in [3.05, 3.63) is 34.9 Å². The quantitative estimate of drug-likeness (QED) is 0.830. The van der Waals surface area contributed by atoms with E-state index in [0.29, 0.717) is 12.1 Å². The Labute approximate surface area is 107 Å². The van der Waals surface area contributed by atoms with E-state index in [4.69, 9.17) is 11.6 Å². The lowest BCUT2D eigenvalue weighted by Gasteiger charge is -2.42. The maximum Gasteiger partial charge on any atom is 0.0926 e. The molecule has 2 aliphatic heterocycles. The van der Waals surface area contributed by atoms with Crippen molar-refractivity contribution in [2.45, 2.75) is 43.4 Å². The van der Waals surface area contributed by atoms with Gasteiger partial charge in [-0.1, -0.05) is 23.7 Å². The summed E-state index contributed by atoms with van der Waals surface area (Å²) in [5, 5.41) is 11.6. The SMILES string of the molecule is CN1[C@@H]2CC[C@H]1CC(O)(c1ccc(Cl)cc1)C2. The molecule has 2 bridgehead atoms. The standard InChI is InChI=1S/C14H18ClNO/c1-16-12-6-7-13(16)9-14(17,8-12)10-2-4-11(15)5-3-10/h2-5,12-13,17H,6-9H2,1H3/t12-,13+,14?. The van der Waals surface area contributed by atoms with Gasteiger partial charge >= 0.3 is 0 Å². The van der Waals surface area contributed by atoms with Crippen LogP contribution in [0.15, 0.2) is 24.3 Å². The lowest BCUT2D eigenvalue weighted by atomic mass is 9.81. The van der Waals surface area contributed by atoms with Gasteiger partial charge in [-0.25, -0.2) is 0 Å². The molecular weight excluding hydrogens is 234 g/mol. The van der Waals surface area contributed by atoms with Gasteiger partial charge in [0.2, 0.25) is 0 Å². The second kappa shape index (κ2) is 3.98. The summed E-state index contributed by atoms with van der Waals surface area (Å²) in [7, 11) is 2.18. The van der Waals surface area contributed by atoms with Gasteiger partial charge in [0.05, 0.1) is 5.60 Å². The molecule has 2 aliphatic rings. The van der Waals surface area contributed by atoms with Crippen LogP contribution in [0, 0.1) is 0 Å². The molecule has 17 heavy (non-hydrogen) atoms. The first-order valence-electron chi connectivity index (χ1n) is 6.29. The van der Waals surface area contributed by atoms with Gasteiger partial charge in [0.25, 0.3) is 0 Å².